The molecule has 6 aliphatic rings. The highest BCUT2D eigenvalue weighted by Gasteiger charge is 2.80. The van der Waals surface area contributed by atoms with E-state index in [9.17, 15) is 19.8 Å². The molecule has 6 rings (SSSR count). The molecule has 0 bridgehead atoms. The fraction of sp³-hybridized carbons (Fsp3) is 0.857. The number of carbonyl (C=O) groups is 2. The Balaban J connectivity index is 1.32. The molecule has 4 saturated carbocycles. The van der Waals surface area contributed by atoms with Gasteiger partial charge in [0.1, 0.15) is 17.5 Å². The van der Waals surface area contributed by atoms with E-state index in [4.69, 9.17) is 9.47 Å². The van der Waals surface area contributed by atoms with Crippen molar-refractivity contribution in [3.63, 3.8) is 0 Å². The third kappa shape index (κ3) is 2.53. The molecule has 2 aliphatic heterocycles. The number of Topliss-reactive ketones (excluding diaryl/α,β-unsaturated/α-hetero) is 1. The molecule has 188 valence electrons. The number of carbonyl (C=O) groups excluding carboxylic acids is 2. The summed E-state index contributed by atoms with van der Waals surface area (Å²) in [4.78, 5) is 25.9. The Hall–Kier alpha value is -1.24. The van der Waals surface area contributed by atoms with Crippen molar-refractivity contribution in [1.29, 1.82) is 0 Å². The average molecular weight is 473 g/mol. The van der Waals surface area contributed by atoms with Gasteiger partial charge in [0.25, 0.3) is 0 Å². The van der Waals surface area contributed by atoms with E-state index >= 15 is 0 Å². The molecular formula is C28H40O6. The van der Waals surface area contributed by atoms with E-state index in [1.54, 1.807) is 0 Å². The number of aliphatic hydroxyl groups is 2. The van der Waals surface area contributed by atoms with Gasteiger partial charge in [-0.2, -0.15) is 0 Å². The number of hydrogen-bond acceptors (Lipinski definition) is 6. The largest absolute Gasteiger partial charge is 0.458 e. The first-order chi connectivity index (χ1) is 16.1. The normalized spacial score (nSPS) is 52.8. The number of rotatable bonds is 3. The molecule has 0 radical (unpaired) electrons. The maximum Gasteiger partial charge on any atom is 0.333 e. The van der Waals surface area contributed by atoms with Crippen LogP contribution in [0.25, 0.3) is 0 Å². The summed E-state index contributed by atoms with van der Waals surface area (Å²) in [7, 11) is 0. The molecule has 0 amide bonds. The number of cyclic esters (lactones) is 1. The van der Waals surface area contributed by atoms with Gasteiger partial charge in [-0.3, -0.25) is 4.79 Å². The lowest BCUT2D eigenvalue weighted by Crippen LogP contribution is -2.65. The Bertz CT molecular complexity index is 972. The molecule has 10 atom stereocenters. The van der Waals surface area contributed by atoms with Crippen LogP contribution in [0.4, 0.5) is 0 Å². The standard InChI is InChI=1S/C28H40O6/c1-15-12-21(33-24(31)16(15)2)17(3)27(32)11-8-19-18-13-23-28(34-23)9-5-6-22(30)26(28,14-29)20(18)7-10-25(19,27)4/h17-21,23,29,32H,5-14H2,1-4H3/t17-,18+,19+,20+,21-,23-,25+,26+,27+,28-/m1/s1. The summed E-state index contributed by atoms with van der Waals surface area (Å²) in [5.41, 5.74) is -0.700. The van der Waals surface area contributed by atoms with Crippen molar-refractivity contribution in [1.82, 2.24) is 0 Å². The molecule has 6 heteroatoms. The fourth-order valence-electron chi connectivity index (χ4n) is 9.88. The van der Waals surface area contributed by atoms with E-state index in [0.29, 0.717) is 24.8 Å². The molecular weight excluding hydrogens is 432 g/mol. The van der Waals surface area contributed by atoms with Crippen molar-refractivity contribution in [2.75, 3.05) is 6.61 Å². The first kappa shape index (κ1) is 23.2. The summed E-state index contributed by atoms with van der Waals surface area (Å²) in [6.07, 6.45) is 6.90. The fourth-order valence-corrected chi connectivity index (χ4v) is 9.88. The minimum atomic E-state index is -0.930. The van der Waals surface area contributed by atoms with Gasteiger partial charge in [-0.1, -0.05) is 19.4 Å². The second kappa shape index (κ2) is 7.17. The molecule has 0 unspecified atom stereocenters. The number of aliphatic hydroxyl groups excluding tert-OH is 1. The molecule has 2 N–H and O–H groups in total. The van der Waals surface area contributed by atoms with E-state index in [0.717, 1.165) is 44.1 Å². The zero-order valence-corrected chi connectivity index (χ0v) is 21.1. The highest BCUT2D eigenvalue weighted by atomic mass is 16.6. The first-order valence-corrected chi connectivity index (χ1v) is 13.5. The Labute approximate surface area is 202 Å². The number of ketones is 1. The molecule has 4 aliphatic carbocycles. The van der Waals surface area contributed by atoms with Crippen LogP contribution >= 0.6 is 0 Å². The van der Waals surface area contributed by atoms with E-state index in [-0.39, 0.29) is 59.7 Å². The van der Waals surface area contributed by atoms with Gasteiger partial charge >= 0.3 is 5.97 Å². The summed E-state index contributed by atoms with van der Waals surface area (Å²) in [6.45, 7) is 7.98. The van der Waals surface area contributed by atoms with Crippen molar-refractivity contribution in [3.8, 4) is 0 Å². The Kier molecular flexibility index (Phi) is 4.88. The zero-order valence-electron chi connectivity index (χ0n) is 21.1. The molecule has 0 aromatic carbocycles. The molecule has 34 heavy (non-hydrogen) atoms. The molecule has 1 saturated heterocycles. The average Bonchev–Trinajstić information content (AvgIpc) is 3.44. The molecule has 0 aromatic rings. The third-order valence-electron chi connectivity index (χ3n) is 12.1. The minimum absolute atomic E-state index is 0.0636. The summed E-state index contributed by atoms with van der Waals surface area (Å²) in [5, 5.41) is 23.0. The quantitative estimate of drug-likeness (QED) is 0.480. The van der Waals surface area contributed by atoms with E-state index in [1.165, 1.54) is 0 Å². The highest BCUT2D eigenvalue weighted by Crippen LogP contribution is 2.74. The molecule has 2 heterocycles. The summed E-state index contributed by atoms with van der Waals surface area (Å²) in [5.74, 6) is 0.441. The Morgan fingerprint density at radius 1 is 1.12 bits per heavy atom. The predicted molar refractivity (Wildman–Crippen MR) is 125 cm³/mol. The minimum Gasteiger partial charge on any atom is -0.458 e. The van der Waals surface area contributed by atoms with Crippen molar-refractivity contribution in [2.45, 2.75) is 109 Å². The van der Waals surface area contributed by atoms with Gasteiger partial charge in [-0.05, 0) is 82.0 Å². The van der Waals surface area contributed by atoms with Gasteiger partial charge in [0.05, 0.1) is 23.7 Å². The number of epoxide rings is 1. The van der Waals surface area contributed by atoms with Gasteiger partial charge in [0, 0.05) is 24.3 Å². The van der Waals surface area contributed by atoms with Crippen molar-refractivity contribution < 1.29 is 29.3 Å². The number of hydrogen-bond donors (Lipinski definition) is 2. The molecule has 1 spiro atoms. The van der Waals surface area contributed by atoms with Crippen molar-refractivity contribution in [2.24, 2.45) is 34.5 Å². The van der Waals surface area contributed by atoms with Gasteiger partial charge in [0.2, 0.25) is 0 Å². The summed E-state index contributed by atoms with van der Waals surface area (Å²) < 4.78 is 12.2. The number of esters is 1. The maximum absolute atomic E-state index is 13.4. The lowest BCUT2D eigenvalue weighted by Gasteiger charge is -2.60. The number of ether oxygens (including phenoxy) is 2. The topological polar surface area (TPSA) is 96.4 Å². The second-order valence-corrected chi connectivity index (χ2v) is 12.8. The maximum atomic E-state index is 13.4. The van der Waals surface area contributed by atoms with Crippen LogP contribution in [0.3, 0.4) is 0 Å². The van der Waals surface area contributed by atoms with Crippen LogP contribution in [0.15, 0.2) is 11.1 Å². The van der Waals surface area contributed by atoms with E-state index in [1.807, 2.05) is 13.8 Å². The Morgan fingerprint density at radius 3 is 2.56 bits per heavy atom. The van der Waals surface area contributed by atoms with Gasteiger partial charge in [0.15, 0.2) is 0 Å². The van der Waals surface area contributed by atoms with Crippen molar-refractivity contribution in [3.05, 3.63) is 11.1 Å². The van der Waals surface area contributed by atoms with Gasteiger partial charge < -0.3 is 19.7 Å². The molecule has 5 fully saturated rings. The lowest BCUT2D eigenvalue weighted by atomic mass is 9.43. The van der Waals surface area contributed by atoms with Crippen LogP contribution in [0.5, 0.6) is 0 Å². The lowest BCUT2D eigenvalue weighted by molar-refractivity contribution is -0.191. The van der Waals surface area contributed by atoms with Crippen LogP contribution in [0.1, 0.15) is 85.5 Å². The first-order valence-electron chi connectivity index (χ1n) is 13.5. The van der Waals surface area contributed by atoms with Crippen molar-refractivity contribution >= 4 is 11.8 Å². The van der Waals surface area contributed by atoms with Crippen LogP contribution in [-0.4, -0.2) is 52.0 Å². The smallest absolute Gasteiger partial charge is 0.333 e. The SMILES string of the molecule is CC1=C(C)C(=O)O[C@@H]([C@@H](C)[C@@]2(O)CC[C@H]3[C@@H]4C[C@H]5O[C@]56CCCC(=O)[C@]6(CO)[C@H]4CC[C@@]32C)C1. The van der Waals surface area contributed by atoms with Crippen LogP contribution in [0.2, 0.25) is 0 Å². The second-order valence-electron chi connectivity index (χ2n) is 12.8. The monoisotopic (exact) mass is 472 g/mol. The molecule has 6 nitrogen and oxygen atoms in total. The highest BCUT2D eigenvalue weighted by molar-refractivity contribution is 5.90. The predicted octanol–water partition coefficient (Wildman–Crippen LogP) is 3.72. The number of fused-ring (bicyclic) bond motifs is 4. The van der Waals surface area contributed by atoms with E-state index < -0.39 is 16.6 Å². The van der Waals surface area contributed by atoms with Crippen LogP contribution in [-0.2, 0) is 19.1 Å². The van der Waals surface area contributed by atoms with Gasteiger partial charge in [-0.15, -0.1) is 0 Å². The third-order valence-corrected chi connectivity index (χ3v) is 12.1. The Morgan fingerprint density at radius 2 is 1.85 bits per heavy atom. The van der Waals surface area contributed by atoms with Crippen LogP contribution < -0.4 is 0 Å². The summed E-state index contributed by atoms with van der Waals surface area (Å²) >= 11 is 0. The van der Waals surface area contributed by atoms with E-state index in [2.05, 4.69) is 13.8 Å². The zero-order chi connectivity index (χ0) is 24.3. The van der Waals surface area contributed by atoms with Gasteiger partial charge in [-0.25, -0.2) is 4.79 Å². The molecule has 0 aromatic heterocycles. The van der Waals surface area contributed by atoms with Crippen LogP contribution in [0, 0.1) is 34.5 Å². The summed E-state index contributed by atoms with van der Waals surface area (Å²) in [6, 6.07) is 0.